The van der Waals surface area contributed by atoms with Gasteiger partial charge in [0.05, 0.1) is 6.42 Å². The normalized spacial score (nSPS) is 14.3. The summed E-state index contributed by atoms with van der Waals surface area (Å²) >= 11 is 0. The zero-order valence-electron chi connectivity index (χ0n) is 11.4. The molecule has 0 amide bonds. The molecule has 0 saturated carbocycles. The summed E-state index contributed by atoms with van der Waals surface area (Å²) in [5.41, 5.74) is 0. The molecule has 8 heteroatoms. The smallest absolute Gasteiger partial charge is 0.330 e. The Hall–Kier alpha value is -1.41. The standard InChI is InChI=1S/C12H20O7S/c1-3-5-6-7-12(9-10(13)14,20(16,17)18)11(15)19-8-4-2/h4H,2-3,5-9H2,1H3,(H,13,14)(H,16,17,18). The molecule has 0 rings (SSSR count). The second-order valence-electron chi connectivity index (χ2n) is 4.38. The molecule has 0 saturated heterocycles. The van der Waals surface area contributed by atoms with Crippen molar-refractivity contribution in [2.24, 2.45) is 0 Å². The number of hydrogen-bond acceptors (Lipinski definition) is 5. The van der Waals surface area contributed by atoms with E-state index in [1.807, 2.05) is 6.92 Å². The molecule has 2 N–H and O–H groups in total. The van der Waals surface area contributed by atoms with E-state index < -0.39 is 33.2 Å². The van der Waals surface area contributed by atoms with Crippen molar-refractivity contribution in [1.82, 2.24) is 0 Å². The Morgan fingerprint density at radius 3 is 2.35 bits per heavy atom. The molecule has 0 fully saturated rings. The van der Waals surface area contributed by atoms with Crippen molar-refractivity contribution in [3.8, 4) is 0 Å². The van der Waals surface area contributed by atoms with Crippen LogP contribution in [0.4, 0.5) is 0 Å². The van der Waals surface area contributed by atoms with Gasteiger partial charge in [-0.05, 0) is 6.42 Å². The molecule has 20 heavy (non-hydrogen) atoms. The zero-order valence-corrected chi connectivity index (χ0v) is 12.2. The molecule has 0 aliphatic carbocycles. The third-order valence-corrected chi connectivity index (χ3v) is 4.32. The predicted molar refractivity (Wildman–Crippen MR) is 71.8 cm³/mol. The Kier molecular flexibility index (Phi) is 7.44. The summed E-state index contributed by atoms with van der Waals surface area (Å²) in [6.07, 6.45) is 1.52. The van der Waals surface area contributed by atoms with Gasteiger partial charge in [-0.25, -0.2) is 0 Å². The van der Waals surface area contributed by atoms with Crippen molar-refractivity contribution in [1.29, 1.82) is 0 Å². The third-order valence-electron chi connectivity index (χ3n) is 2.82. The van der Waals surface area contributed by atoms with E-state index in [2.05, 4.69) is 11.3 Å². The molecule has 1 atom stereocenters. The van der Waals surface area contributed by atoms with Crippen LogP contribution in [0.25, 0.3) is 0 Å². The largest absolute Gasteiger partial charge is 0.481 e. The second-order valence-corrected chi connectivity index (χ2v) is 6.12. The molecule has 116 valence electrons. The highest BCUT2D eigenvalue weighted by Gasteiger charge is 2.52. The molecule has 0 aromatic carbocycles. The van der Waals surface area contributed by atoms with Crippen molar-refractivity contribution in [3.63, 3.8) is 0 Å². The SMILES string of the molecule is C=CCOC(=O)C(CCCCC)(CC(=O)O)S(=O)(=O)O. The molecule has 0 bridgehead atoms. The topological polar surface area (TPSA) is 118 Å². The van der Waals surface area contributed by atoms with Crippen LogP contribution in [0.3, 0.4) is 0 Å². The van der Waals surface area contributed by atoms with Crippen LogP contribution in [0.2, 0.25) is 0 Å². The molecule has 0 aromatic rings. The van der Waals surface area contributed by atoms with Crippen LogP contribution >= 0.6 is 0 Å². The lowest BCUT2D eigenvalue weighted by Gasteiger charge is -2.26. The van der Waals surface area contributed by atoms with E-state index in [0.717, 1.165) is 6.42 Å². The highest BCUT2D eigenvalue weighted by Crippen LogP contribution is 2.30. The first-order valence-corrected chi connectivity index (χ1v) is 7.62. The molecule has 0 heterocycles. The highest BCUT2D eigenvalue weighted by atomic mass is 32.2. The molecular weight excluding hydrogens is 288 g/mol. The first-order chi connectivity index (χ1) is 9.21. The van der Waals surface area contributed by atoms with Crippen LogP contribution in [-0.2, 0) is 24.4 Å². The average molecular weight is 308 g/mol. The number of hydrogen-bond donors (Lipinski definition) is 2. The van der Waals surface area contributed by atoms with Crippen molar-refractivity contribution in [3.05, 3.63) is 12.7 Å². The van der Waals surface area contributed by atoms with Crippen molar-refractivity contribution < 1.29 is 32.4 Å². The van der Waals surface area contributed by atoms with Gasteiger partial charge in [0.15, 0.2) is 0 Å². The Morgan fingerprint density at radius 2 is 1.95 bits per heavy atom. The Bertz CT molecular complexity index is 454. The predicted octanol–water partition coefficient (Wildman–Crippen LogP) is 1.40. The van der Waals surface area contributed by atoms with E-state index in [-0.39, 0.29) is 19.4 Å². The quantitative estimate of drug-likeness (QED) is 0.271. The number of unbranched alkanes of at least 4 members (excludes halogenated alkanes) is 2. The fraction of sp³-hybridized carbons (Fsp3) is 0.667. The number of esters is 1. The van der Waals surface area contributed by atoms with E-state index >= 15 is 0 Å². The van der Waals surface area contributed by atoms with Gasteiger partial charge in [-0.2, -0.15) is 8.42 Å². The van der Waals surface area contributed by atoms with Crippen molar-refractivity contribution >= 4 is 22.1 Å². The summed E-state index contributed by atoms with van der Waals surface area (Å²) in [4.78, 5) is 22.8. The van der Waals surface area contributed by atoms with Crippen LogP contribution in [-0.4, -0.2) is 41.4 Å². The van der Waals surface area contributed by atoms with Crippen LogP contribution in [0.1, 0.15) is 39.0 Å². The van der Waals surface area contributed by atoms with Gasteiger partial charge in [0.25, 0.3) is 10.1 Å². The maximum absolute atomic E-state index is 11.9. The van der Waals surface area contributed by atoms with Crippen LogP contribution in [0, 0.1) is 0 Å². The van der Waals surface area contributed by atoms with E-state index in [0.29, 0.717) is 6.42 Å². The lowest BCUT2D eigenvalue weighted by Crippen LogP contribution is -2.49. The zero-order chi connectivity index (χ0) is 15.8. The van der Waals surface area contributed by atoms with Crippen LogP contribution < -0.4 is 0 Å². The molecule has 1 unspecified atom stereocenters. The second kappa shape index (κ2) is 8.01. The van der Waals surface area contributed by atoms with E-state index in [9.17, 15) is 22.6 Å². The number of ether oxygens (including phenoxy) is 1. The van der Waals surface area contributed by atoms with Gasteiger partial charge in [-0.3, -0.25) is 14.1 Å². The average Bonchev–Trinajstić information content (AvgIpc) is 2.32. The summed E-state index contributed by atoms with van der Waals surface area (Å²) in [6.45, 7) is 4.91. The fourth-order valence-corrected chi connectivity index (χ4v) is 2.74. The number of aliphatic carboxylic acids is 1. The summed E-state index contributed by atoms with van der Waals surface area (Å²) in [7, 11) is -4.92. The molecular formula is C12H20O7S. The first-order valence-electron chi connectivity index (χ1n) is 6.18. The minimum Gasteiger partial charge on any atom is -0.481 e. The lowest BCUT2D eigenvalue weighted by molar-refractivity contribution is -0.150. The number of carbonyl (C=O) groups is 2. The van der Waals surface area contributed by atoms with E-state index in [1.54, 1.807) is 0 Å². The Morgan fingerprint density at radius 1 is 1.35 bits per heavy atom. The molecule has 0 aliphatic rings. The number of rotatable bonds is 10. The van der Waals surface area contributed by atoms with Gasteiger partial charge in [0.2, 0.25) is 4.75 Å². The minimum atomic E-state index is -4.92. The summed E-state index contributed by atoms with van der Waals surface area (Å²) < 4.78 is 34.6. The molecule has 0 radical (unpaired) electrons. The van der Waals surface area contributed by atoms with Gasteiger partial charge in [-0.1, -0.05) is 38.8 Å². The summed E-state index contributed by atoms with van der Waals surface area (Å²) in [6, 6.07) is 0. The summed E-state index contributed by atoms with van der Waals surface area (Å²) in [5.74, 6) is -2.77. The fourth-order valence-electron chi connectivity index (χ4n) is 1.76. The molecule has 0 aromatic heterocycles. The Labute approximate surface area is 118 Å². The Balaban J connectivity index is 5.47. The number of carboxylic acid groups (broad SMARTS) is 1. The van der Waals surface area contributed by atoms with E-state index in [4.69, 9.17) is 5.11 Å². The van der Waals surface area contributed by atoms with Gasteiger partial charge in [0, 0.05) is 0 Å². The minimum absolute atomic E-state index is 0.260. The van der Waals surface area contributed by atoms with Gasteiger partial charge >= 0.3 is 11.9 Å². The van der Waals surface area contributed by atoms with Crippen LogP contribution in [0.5, 0.6) is 0 Å². The van der Waals surface area contributed by atoms with Gasteiger partial charge in [0.1, 0.15) is 6.61 Å². The maximum atomic E-state index is 11.9. The van der Waals surface area contributed by atoms with Crippen molar-refractivity contribution in [2.45, 2.75) is 43.8 Å². The molecule has 0 spiro atoms. The van der Waals surface area contributed by atoms with E-state index in [1.165, 1.54) is 6.08 Å². The van der Waals surface area contributed by atoms with Crippen molar-refractivity contribution in [2.75, 3.05) is 6.61 Å². The molecule has 7 nitrogen and oxygen atoms in total. The molecule has 0 aliphatic heterocycles. The number of carbonyl (C=O) groups excluding carboxylic acids is 1. The van der Waals surface area contributed by atoms with Gasteiger partial charge < -0.3 is 9.84 Å². The van der Waals surface area contributed by atoms with Gasteiger partial charge in [-0.15, -0.1) is 0 Å². The van der Waals surface area contributed by atoms with Crippen LogP contribution in [0.15, 0.2) is 12.7 Å². The monoisotopic (exact) mass is 308 g/mol. The highest BCUT2D eigenvalue weighted by molar-refractivity contribution is 7.88. The maximum Gasteiger partial charge on any atom is 0.330 e. The lowest BCUT2D eigenvalue weighted by atomic mass is 9.96. The summed E-state index contributed by atoms with van der Waals surface area (Å²) in [5, 5.41) is 8.84. The first kappa shape index (κ1) is 18.6. The third kappa shape index (κ3) is 4.93. The number of carboxylic acids is 1.